The Bertz CT molecular complexity index is 458. The van der Waals surface area contributed by atoms with E-state index in [2.05, 4.69) is 30.6 Å². The molecule has 2 unspecified atom stereocenters. The number of benzene rings is 1. The molecule has 1 aliphatic rings. The van der Waals surface area contributed by atoms with E-state index in [1.165, 1.54) is 5.56 Å². The molecule has 0 aliphatic carbocycles. The molecule has 110 valence electrons. The fraction of sp³-hybridized carbons (Fsp3) is 0.562. The quantitative estimate of drug-likeness (QED) is 0.916. The van der Waals surface area contributed by atoms with Gasteiger partial charge in [0.2, 0.25) is 0 Å². The van der Waals surface area contributed by atoms with Crippen molar-refractivity contribution in [2.45, 2.75) is 39.4 Å². The molecule has 2 rings (SSSR count). The van der Waals surface area contributed by atoms with Gasteiger partial charge in [-0.1, -0.05) is 19.1 Å². The lowest BCUT2D eigenvalue weighted by Crippen LogP contribution is -2.55. The molecule has 2 atom stereocenters. The third kappa shape index (κ3) is 3.38. The molecule has 1 heterocycles. The van der Waals surface area contributed by atoms with Gasteiger partial charge in [0.05, 0.1) is 5.56 Å². The van der Waals surface area contributed by atoms with E-state index < -0.39 is 5.97 Å². The van der Waals surface area contributed by atoms with Crippen molar-refractivity contribution in [1.29, 1.82) is 0 Å². The van der Waals surface area contributed by atoms with E-state index in [-0.39, 0.29) is 0 Å². The van der Waals surface area contributed by atoms with Gasteiger partial charge < -0.3 is 5.11 Å². The zero-order chi connectivity index (χ0) is 14.7. The lowest BCUT2D eigenvalue weighted by atomic mass is 10.1. The van der Waals surface area contributed by atoms with E-state index in [4.69, 9.17) is 5.11 Å². The van der Waals surface area contributed by atoms with Crippen molar-refractivity contribution in [3.63, 3.8) is 0 Å². The molecule has 0 saturated carbocycles. The molecule has 0 aromatic heterocycles. The van der Waals surface area contributed by atoms with Gasteiger partial charge in [-0.15, -0.1) is 0 Å². The first-order chi connectivity index (χ1) is 9.51. The van der Waals surface area contributed by atoms with E-state index in [1.54, 1.807) is 12.1 Å². The number of carboxylic acids is 1. The van der Waals surface area contributed by atoms with Crippen molar-refractivity contribution in [1.82, 2.24) is 9.80 Å². The zero-order valence-corrected chi connectivity index (χ0v) is 12.5. The van der Waals surface area contributed by atoms with Gasteiger partial charge in [0.25, 0.3) is 0 Å². The van der Waals surface area contributed by atoms with Crippen LogP contribution in [0, 0.1) is 0 Å². The molecule has 0 bridgehead atoms. The third-order valence-corrected chi connectivity index (χ3v) is 4.24. The van der Waals surface area contributed by atoms with Crippen LogP contribution in [0.1, 0.15) is 36.7 Å². The first-order valence-electron chi connectivity index (χ1n) is 7.31. The average Bonchev–Trinajstić information content (AvgIpc) is 2.43. The van der Waals surface area contributed by atoms with E-state index in [0.717, 1.165) is 26.2 Å². The summed E-state index contributed by atoms with van der Waals surface area (Å²) in [6, 6.07) is 8.34. The predicted octanol–water partition coefficient (Wildman–Crippen LogP) is 2.30. The molecule has 4 heteroatoms. The molecule has 0 amide bonds. The number of carbonyl (C=O) groups is 1. The van der Waals surface area contributed by atoms with Crippen LogP contribution in [0.5, 0.6) is 0 Å². The van der Waals surface area contributed by atoms with Crippen molar-refractivity contribution >= 4 is 5.97 Å². The van der Waals surface area contributed by atoms with Crippen LogP contribution in [0.25, 0.3) is 0 Å². The summed E-state index contributed by atoms with van der Waals surface area (Å²) in [5, 5.41) is 8.91. The molecule has 20 heavy (non-hydrogen) atoms. The van der Waals surface area contributed by atoms with Crippen molar-refractivity contribution < 1.29 is 9.90 Å². The number of rotatable bonds is 4. The van der Waals surface area contributed by atoms with Crippen LogP contribution >= 0.6 is 0 Å². The molecule has 1 aromatic carbocycles. The fourth-order valence-corrected chi connectivity index (χ4v) is 2.92. The summed E-state index contributed by atoms with van der Waals surface area (Å²) < 4.78 is 0. The lowest BCUT2D eigenvalue weighted by molar-refractivity contribution is 0.0412. The van der Waals surface area contributed by atoms with Gasteiger partial charge in [-0.25, -0.2) is 4.79 Å². The van der Waals surface area contributed by atoms with Crippen molar-refractivity contribution in [3.8, 4) is 0 Å². The Balaban J connectivity index is 2.00. The second-order valence-corrected chi connectivity index (χ2v) is 5.72. The van der Waals surface area contributed by atoms with Gasteiger partial charge in [0.15, 0.2) is 0 Å². The standard InChI is InChI=1S/C16H24N2O2/c1-4-17-9-13(3)18(10-12(17)2)11-14-5-7-15(8-6-14)16(19)20/h5-8,12-13H,4,9-11H2,1-3H3,(H,19,20). The molecular formula is C16H24N2O2. The number of nitrogens with zero attached hydrogens (tertiary/aromatic N) is 2. The molecule has 4 nitrogen and oxygen atoms in total. The average molecular weight is 276 g/mol. The van der Waals surface area contributed by atoms with Gasteiger partial charge in [0.1, 0.15) is 0 Å². The number of hydrogen-bond donors (Lipinski definition) is 1. The second-order valence-electron chi connectivity index (χ2n) is 5.72. The molecule has 1 aliphatic heterocycles. The van der Waals surface area contributed by atoms with Crippen LogP contribution in [0.4, 0.5) is 0 Å². The summed E-state index contributed by atoms with van der Waals surface area (Å²) in [5.41, 5.74) is 1.53. The zero-order valence-electron chi connectivity index (χ0n) is 12.5. The predicted molar refractivity (Wildman–Crippen MR) is 80.0 cm³/mol. The Morgan fingerprint density at radius 1 is 1.15 bits per heavy atom. The molecular weight excluding hydrogens is 252 g/mol. The highest BCUT2D eigenvalue weighted by Crippen LogP contribution is 2.18. The highest BCUT2D eigenvalue weighted by molar-refractivity contribution is 5.87. The summed E-state index contributed by atoms with van der Waals surface area (Å²) >= 11 is 0. The van der Waals surface area contributed by atoms with Gasteiger partial charge in [-0.05, 0) is 38.1 Å². The SMILES string of the molecule is CCN1CC(C)N(Cc2ccc(C(=O)O)cc2)CC1C. The topological polar surface area (TPSA) is 43.8 Å². The molecule has 1 aromatic rings. The minimum Gasteiger partial charge on any atom is -0.478 e. The maximum Gasteiger partial charge on any atom is 0.335 e. The largest absolute Gasteiger partial charge is 0.478 e. The maximum atomic E-state index is 10.9. The fourth-order valence-electron chi connectivity index (χ4n) is 2.92. The van der Waals surface area contributed by atoms with Crippen molar-refractivity contribution in [2.24, 2.45) is 0 Å². The Morgan fingerprint density at radius 3 is 2.25 bits per heavy atom. The number of aromatic carboxylic acids is 1. The molecule has 1 fully saturated rings. The van der Waals surface area contributed by atoms with Crippen molar-refractivity contribution in [2.75, 3.05) is 19.6 Å². The smallest absolute Gasteiger partial charge is 0.335 e. The Labute approximate surface area is 121 Å². The number of hydrogen-bond acceptors (Lipinski definition) is 3. The number of likely N-dealkylation sites (N-methyl/N-ethyl adjacent to an activating group) is 1. The van der Waals surface area contributed by atoms with E-state index >= 15 is 0 Å². The van der Waals surface area contributed by atoms with Crippen LogP contribution < -0.4 is 0 Å². The first kappa shape index (κ1) is 15.0. The number of piperazine rings is 1. The minimum absolute atomic E-state index is 0.353. The summed E-state index contributed by atoms with van der Waals surface area (Å²) in [6.45, 7) is 10.9. The minimum atomic E-state index is -0.866. The summed E-state index contributed by atoms with van der Waals surface area (Å²) in [6.07, 6.45) is 0. The Morgan fingerprint density at radius 2 is 1.70 bits per heavy atom. The highest BCUT2D eigenvalue weighted by atomic mass is 16.4. The Kier molecular flexibility index (Phi) is 4.78. The first-order valence-corrected chi connectivity index (χ1v) is 7.31. The Hall–Kier alpha value is -1.39. The van der Waals surface area contributed by atoms with Gasteiger partial charge in [0, 0.05) is 31.7 Å². The van der Waals surface area contributed by atoms with E-state index in [9.17, 15) is 4.79 Å². The maximum absolute atomic E-state index is 10.9. The summed E-state index contributed by atoms with van der Waals surface area (Å²) in [7, 11) is 0. The molecule has 0 radical (unpaired) electrons. The van der Waals surface area contributed by atoms with Gasteiger partial charge in [-0.3, -0.25) is 9.80 Å². The number of carboxylic acid groups (broad SMARTS) is 1. The third-order valence-electron chi connectivity index (χ3n) is 4.24. The van der Waals surface area contributed by atoms with Crippen LogP contribution in [0.2, 0.25) is 0 Å². The van der Waals surface area contributed by atoms with Crippen molar-refractivity contribution in [3.05, 3.63) is 35.4 Å². The van der Waals surface area contributed by atoms with Crippen LogP contribution in [-0.2, 0) is 6.54 Å². The monoisotopic (exact) mass is 276 g/mol. The van der Waals surface area contributed by atoms with Crippen LogP contribution in [0.15, 0.2) is 24.3 Å². The second kappa shape index (κ2) is 6.37. The summed E-state index contributed by atoms with van der Waals surface area (Å²) in [5.74, 6) is -0.866. The molecule has 0 spiro atoms. The normalized spacial score (nSPS) is 24.8. The van der Waals surface area contributed by atoms with Gasteiger partial charge in [-0.2, -0.15) is 0 Å². The van der Waals surface area contributed by atoms with E-state index in [0.29, 0.717) is 17.6 Å². The molecule has 1 N–H and O–H groups in total. The molecule has 1 saturated heterocycles. The van der Waals surface area contributed by atoms with E-state index in [1.807, 2.05) is 12.1 Å². The van der Waals surface area contributed by atoms with Crippen LogP contribution in [0.3, 0.4) is 0 Å². The highest BCUT2D eigenvalue weighted by Gasteiger charge is 2.27. The lowest BCUT2D eigenvalue weighted by Gasteiger charge is -2.43. The van der Waals surface area contributed by atoms with Crippen LogP contribution in [-0.4, -0.2) is 52.6 Å². The van der Waals surface area contributed by atoms with Gasteiger partial charge >= 0.3 is 5.97 Å². The summed E-state index contributed by atoms with van der Waals surface area (Å²) in [4.78, 5) is 15.8.